The summed E-state index contributed by atoms with van der Waals surface area (Å²) >= 11 is 1.32. The molecule has 3 aliphatic heterocycles. The molecular formula is C34H38N6O7S. The molecule has 0 radical (unpaired) electrons. The lowest BCUT2D eigenvalue weighted by molar-refractivity contribution is -0.124. The Kier molecular flexibility index (Phi) is 9.53. The molecule has 1 aromatic heterocycles. The van der Waals surface area contributed by atoms with E-state index in [0.29, 0.717) is 52.1 Å². The first kappa shape index (κ1) is 32.8. The molecule has 1 unspecified atom stereocenters. The average molecular weight is 675 g/mol. The predicted octanol–water partition coefficient (Wildman–Crippen LogP) is 4.32. The Hall–Kier alpha value is -5.11. The molecule has 0 spiro atoms. The van der Waals surface area contributed by atoms with Crippen LogP contribution in [-0.4, -0.2) is 98.3 Å². The Morgan fingerprint density at radius 3 is 2.67 bits per heavy atom. The number of methoxy groups -OCH3 is 2. The highest BCUT2D eigenvalue weighted by Crippen LogP contribution is 2.38. The second kappa shape index (κ2) is 13.9. The molecule has 0 saturated carbocycles. The van der Waals surface area contributed by atoms with Gasteiger partial charge in [-0.1, -0.05) is 0 Å². The highest BCUT2D eigenvalue weighted by Gasteiger charge is 2.34. The van der Waals surface area contributed by atoms with Crippen LogP contribution in [0.2, 0.25) is 0 Å². The Labute approximate surface area is 282 Å². The van der Waals surface area contributed by atoms with Crippen LogP contribution in [-0.2, 0) is 14.3 Å². The molecule has 6 rings (SSSR count). The van der Waals surface area contributed by atoms with Gasteiger partial charge in [-0.25, -0.2) is 4.79 Å². The third kappa shape index (κ3) is 6.65. The Morgan fingerprint density at radius 2 is 1.88 bits per heavy atom. The van der Waals surface area contributed by atoms with Gasteiger partial charge < -0.3 is 39.5 Å². The van der Waals surface area contributed by atoms with Crippen molar-refractivity contribution in [3.8, 4) is 11.5 Å². The second-order valence-corrected chi connectivity index (χ2v) is 13.0. The summed E-state index contributed by atoms with van der Waals surface area (Å²) in [6.45, 7) is 0.951. The van der Waals surface area contributed by atoms with Gasteiger partial charge in [0.05, 0.1) is 38.1 Å². The van der Waals surface area contributed by atoms with E-state index < -0.39 is 12.1 Å². The highest BCUT2D eigenvalue weighted by molar-refractivity contribution is 7.20. The number of amides is 3. The first-order valence-electron chi connectivity index (χ1n) is 15.8. The minimum Gasteiger partial charge on any atom is -0.493 e. The number of fused-ring (bicyclic) bond motifs is 3. The van der Waals surface area contributed by atoms with Crippen LogP contribution in [0.4, 0.5) is 11.4 Å². The fourth-order valence-electron chi connectivity index (χ4n) is 6.18. The van der Waals surface area contributed by atoms with Gasteiger partial charge >= 0.3 is 5.97 Å². The molecule has 3 aliphatic rings. The predicted molar refractivity (Wildman–Crippen MR) is 182 cm³/mol. The van der Waals surface area contributed by atoms with Crippen molar-refractivity contribution in [3.63, 3.8) is 0 Å². The van der Waals surface area contributed by atoms with E-state index in [9.17, 15) is 19.2 Å². The lowest BCUT2D eigenvalue weighted by Gasteiger charge is -2.32. The van der Waals surface area contributed by atoms with Crippen molar-refractivity contribution in [2.75, 3.05) is 46.8 Å². The zero-order chi connectivity index (χ0) is 33.9. The van der Waals surface area contributed by atoms with Crippen LogP contribution in [0.15, 0.2) is 53.4 Å². The smallest absolute Gasteiger partial charge is 0.348 e. The summed E-state index contributed by atoms with van der Waals surface area (Å²) < 4.78 is 17.2. The van der Waals surface area contributed by atoms with Crippen LogP contribution >= 0.6 is 11.3 Å². The first-order chi connectivity index (χ1) is 23.2. The van der Waals surface area contributed by atoms with Gasteiger partial charge in [0.25, 0.3) is 11.8 Å². The molecule has 13 nitrogen and oxygen atoms in total. The summed E-state index contributed by atoms with van der Waals surface area (Å²) in [6.07, 6.45) is 6.41. The summed E-state index contributed by atoms with van der Waals surface area (Å²) in [7, 11) is 6.36. The zero-order valence-electron chi connectivity index (χ0n) is 27.3. The standard InChI is InChI=1S/C34H38N6O7S/c1-38-19-29(39(2)32(38)31(42)36-21-10-11-27-20(14-21)15-28(48-27)34(44)46-4)37-30(41)9-7-13-47-26-17-24-23(16-25(26)45-3)33(43)40-12-6-5-8-22(40)18-35-24/h10-11,14-19,22,32H,5-9,12-13H2,1-4H3,(H,36,42)(H,37,41)/t22-,32?/m1/s1. The quantitative estimate of drug-likeness (QED) is 0.238. The van der Waals surface area contributed by atoms with Crippen LogP contribution in [0.3, 0.4) is 0 Å². The number of hydrogen-bond donors (Lipinski definition) is 2. The molecule has 0 aliphatic carbocycles. The van der Waals surface area contributed by atoms with Gasteiger partial charge in [-0.3, -0.25) is 19.4 Å². The monoisotopic (exact) mass is 674 g/mol. The molecule has 252 valence electrons. The van der Waals surface area contributed by atoms with Crippen molar-refractivity contribution in [1.29, 1.82) is 0 Å². The van der Waals surface area contributed by atoms with Gasteiger partial charge in [-0.15, -0.1) is 11.3 Å². The van der Waals surface area contributed by atoms with E-state index >= 15 is 0 Å². The maximum Gasteiger partial charge on any atom is 0.348 e. The van der Waals surface area contributed by atoms with E-state index in [4.69, 9.17) is 14.2 Å². The number of likely N-dealkylation sites (N-methyl/N-ethyl adjacent to an activating group) is 2. The summed E-state index contributed by atoms with van der Waals surface area (Å²) in [5, 5.41) is 6.64. The van der Waals surface area contributed by atoms with E-state index in [0.717, 1.165) is 29.3 Å². The minimum absolute atomic E-state index is 0.00318. The molecule has 3 amide bonds. The molecule has 2 N–H and O–H groups in total. The highest BCUT2D eigenvalue weighted by atomic mass is 32.1. The molecule has 4 heterocycles. The molecule has 14 heteroatoms. The number of nitrogens with zero attached hydrogens (tertiary/aromatic N) is 4. The molecular weight excluding hydrogens is 636 g/mol. The molecule has 1 fully saturated rings. The van der Waals surface area contributed by atoms with Crippen LogP contribution in [0, 0.1) is 0 Å². The molecule has 0 bridgehead atoms. The maximum atomic E-state index is 13.3. The number of aliphatic imine (C=N–C) groups is 1. The number of ether oxygens (including phenoxy) is 3. The van der Waals surface area contributed by atoms with Crippen molar-refractivity contribution in [3.05, 3.63) is 58.9 Å². The maximum absolute atomic E-state index is 13.3. The van der Waals surface area contributed by atoms with Gasteiger partial charge in [-0.2, -0.15) is 0 Å². The lowest BCUT2D eigenvalue weighted by Crippen LogP contribution is -2.47. The van der Waals surface area contributed by atoms with Crippen LogP contribution in [0.25, 0.3) is 10.1 Å². The summed E-state index contributed by atoms with van der Waals surface area (Å²) in [5.41, 5.74) is 1.62. The fraction of sp³-hybridized carbons (Fsp3) is 0.382. The number of rotatable bonds is 10. The Bertz CT molecular complexity index is 1820. The van der Waals surface area contributed by atoms with E-state index in [1.807, 2.05) is 17.2 Å². The SMILES string of the molecule is COC(=O)c1cc2cc(NC(=O)C3N(C)C=C(NC(=O)CCCOc4cc5c(cc4OC)C(=O)N4CCCC[C@@H]4C=N5)N3C)ccc2s1. The number of thiophene rings is 1. The van der Waals surface area contributed by atoms with E-state index in [1.54, 1.807) is 60.4 Å². The topological polar surface area (TPSA) is 142 Å². The van der Waals surface area contributed by atoms with Crippen molar-refractivity contribution in [2.45, 2.75) is 44.3 Å². The molecule has 48 heavy (non-hydrogen) atoms. The van der Waals surface area contributed by atoms with Gasteiger partial charge in [0.2, 0.25) is 5.91 Å². The number of carbonyl (C=O) groups is 4. The van der Waals surface area contributed by atoms with Crippen molar-refractivity contribution >= 4 is 62.7 Å². The van der Waals surface area contributed by atoms with Gasteiger partial charge in [0.15, 0.2) is 17.7 Å². The summed E-state index contributed by atoms with van der Waals surface area (Å²) in [6, 6.07) is 10.6. The van der Waals surface area contributed by atoms with Crippen molar-refractivity contribution in [1.82, 2.24) is 20.0 Å². The Balaban J connectivity index is 1.01. The van der Waals surface area contributed by atoms with Gasteiger partial charge in [-0.05, 0) is 61.4 Å². The van der Waals surface area contributed by atoms with Crippen molar-refractivity contribution < 1.29 is 33.4 Å². The third-order valence-corrected chi connectivity index (χ3v) is 9.74. The number of piperidine rings is 1. The van der Waals surface area contributed by atoms with Crippen LogP contribution < -0.4 is 20.1 Å². The lowest BCUT2D eigenvalue weighted by atomic mass is 10.0. The fourth-order valence-corrected chi connectivity index (χ4v) is 7.14. The molecule has 2 atom stereocenters. The number of nitrogens with one attached hydrogen (secondary N) is 2. The van der Waals surface area contributed by atoms with Crippen LogP contribution in [0.1, 0.15) is 52.1 Å². The molecule has 1 saturated heterocycles. The average Bonchev–Trinajstić information content (AvgIpc) is 3.59. The third-order valence-electron chi connectivity index (χ3n) is 8.64. The Morgan fingerprint density at radius 1 is 1.04 bits per heavy atom. The first-order valence-corrected chi connectivity index (χ1v) is 16.6. The normalized spacial score (nSPS) is 18.5. The van der Waals surface area contributed by atoms with E-state index in [2.05, 4.69) is 15.6 Å². The van der Waals surface area contributed by atoms with Crippen LogP contribution in [0.5, 0.6) is 11.5 Å². The minimum atomic E-state index is -0.691. The second-order valence-electron chi connectivity index (χ2n) is 11.9. The van der Waals surface area contributed by atoms with Gasteiger partial charge in [0.1, 0.15) is 10.7 Å². The summed E-state index contributed by atoms with van der Waals surface area (Å²) in [5.74, 6) is 0.412. The van der Waals surface area contributed by atoms with Crippen molar-refractivity contribution in [2.24, 2.45) is 4.99 Å². The van der Waals surface area contributed by atoms with Gasteiger partial charge in [0, 0.05) is 55.9 Å². The summed E-state index contributed by atoms with van der Waals surface area (Å²) in [4.78, 5) is 61.7. The number of anilines is 1. The molecule has 2 aromatic carbocycles. The van der Waals surface area contributed by atoms with E-state index in [-0.39, 0.29) is 36.8 Å². The number of esters is 1. The molecule has 3 aromatic rings. The number of carbonyl (C=O) groups excluding carboxylic acids is 4. The largest absolute Gasteiger partial charge is 0.493 e. The number of hydrogen-bond acceptors (Lipinski definition) is 11. The van der Waals surface area contributed by atoms with E-state index in [1.165, 1.54) is 25.6 Å². The number of benzene rings is 2. The zero-order valence-corrected chi connectivity index (χ0v) is 28.1.